The molecule has 0 saturated carbocycles. The maximum absolute atomic E-state index is 5.28. The molecule has 1 aliphatic heterocycles. The largest absolute Gasteiger partial charge is 0.355 e. The molecule has 0 spiro atoms. The van der Waals surface area contributed by atoms with Gasteiger partial charge < -0.3 is 9.42 Å². The summed E-state index contributed by atoms with van der Waals surface area (Å²) in [6.45, 7) is 3.71. The number of pyridine rings is 1. The van der Waals surface area contributed by atoms with Crippen LogP contribution in [0.4, 0.5) is 5.82 Å². The van der Waals surface area contributed by atoms with Crippen molar-refractivity contribution in [2.24, 2.45) is 0 Å². The highest BCUT2D eigenvalue weighted by Gasteiger charge is 2.28. The third-order valence-corrected chi connectivity index (χ3v) is 4.85. The van der Waals surface area contributed by atoms with Gasteiger partial charge in [0.25, 0.3) is 5.71 Å². The minimum atomic E-state index is 0.302. The Morgan fingerprint density at radius 1 is 1.20 bits per heavy atom. The van der Waals surface area contributed by atoms with Crippen LogP contribution in [0.25, 0.3) is 16.7 Å². The van der Waals surface area contributed by atoms with Gasteiger partial charge in [-0.05, 0) is 31.9 Å². The first-order valence-electron chi connectivity index (χ1n) is 8.43. The van der Waals surface area contributed by atoms with E-state index >= 15 is 0 Å². The van der Waals surface area contributed by atoms with Gasteiger partial charge in [0, 0.05) is 25.2 Å². The highest BCUT2D eigenvalue weighted by Crippen LogP contribution is 2.32. The third-order valence-electron chi connectivity index (χ3n) is 4.85. The first-order valence-corrected chi connectivity index (χ1v) is 8.43. The SMILES string of the molecule is Cc1noc2ncnc(N3CCC[C@H](c4nnc5ccccn45)C3)c12. The zero-order valence-electron chi connectivity index (χ0n) is 13.8. The first kappa shape index (κ1) is 14.3. The molecule has 4 aromatic heterocycles. The van der Waals surface area contributed by atoms with Gasteiger partial charge in [0.1, 0.15) is 23.4 Å². The zero-order valence-corrected chi connectivity index (χ0v) is 13.8. The van der Waals surface area contributed by atoms with Crippen LogP contribution in [0.5, 0.6) is 0 Å². The van der Waals surface area contributed by atoms with Crippen LogP contribution in [0.3, 0.4) is 0 Å². The fraction of sp³-hybridized carbons (Fsp3) is 0.353. The standard InChI is InChI=1S/C17H17N7O/c1-11-14-16(18-10-19-17(14)25-22-11)23-7-4-5-12(9-23)15-21-20-13-6-2-3-8-24(13)15/h2-3,6,8,10,12H,4-5,7,9H2,1H3/t12-/m0/s1. The van der Waals surface area contributed by atoms with Gasteiger partial charge in [-0.25, -0.2) is 4.98 Å². The minimum Gasteiger partial charge on any atom is -0.355 e. The summed E-state index contributed by atoms with van der Waals surface area (Å²) in [7, 11) is 0. The van der Waals surface area contributed by atoms with Crippen molar-refractivity contribution in [2.45, 2.75) is 25.7 Å². The van der Waals surface area contributed by atoms with Crippen LogP contribution in [-0.4, -0.2) is 42.8 Å². The van der Waals surface area contributed by atoms with Gasteiger partial charge in [0.2, 0.25) is 0 Å². The molecule has 8 heteroatoms. The average Bonchev–Trinajstić information content (AvgIpc) is 3.26. The number of rotatable bonds is 2. The molecule has 1 atom stereocenters. The molecular formula is C17H17N7O. The number of anilines is 1. The summed E-state index contributed by atoms with van der Waals surface area (Å²) in [5.74, 6) is 2.20. The molecule has 0 unspecified atom stereocenters. The lowest BCUT2D eigenvalue weighted by Crippen LogP contribution is -2.35. The molecule has 8 nitrogen and oxygen atoms in total. The number of hydrogen-bond acceptors (Lipinski definition) is 7. The predicted molar refractivity (Wildman–Crippen MR) is 91.5 cm³/mol. The molecule has 5 heterocycles. The van der Waals surface area contributed by atoms with E-state index in [2.05, 4.69) is 34.6 Å². The van der Waals surface area contributed by atoms with Crippen LogP contribution in [-0.2, 0) is 0 Å². The van der Waals surface area contributed by atoms with E-state index in [-0.39, 0.29) is 0 Å². The van der Waals surface area contributed by atoms with E-state index in [9.17, 15) is 0 Å². The second kappa shape index (κ2) is 5.51. The van der Waals surface area contributed by atoms with Crippen LogP contribution in [0.2, 0.25) is 0 Å². The number of piperidine rings is 1. The Morgan fingerprint density at radius 2 is 2.16 bits per heavy atom. The highest BCUT2D eigenvalue weighted by molar-refractivity contribution is 5.87. The summed E-state index contributed by atoms with van der Waals surface area (Å²) >= 11 is 0. The van der Waals surface area contributed by atoms with Gasteiger partial charge in [-0.1, -0.05) is 11.2 Å². The van der Waals surface area contributed by atoms with Crippen molar-refractivity contribution in [1.82, 2.24) is 29.7 Å². The molecule has 0 aromatic carbocycles. The normalized spacial score (nSPS) is 18.3. The molecule has 0 bridgehead atoms. The molecule has 1 saturated heterocycles. The molecule has 0 aliphatic carbocycles. The third kappa shape index (κ3) is 2.25. The van der Waals surface area contributed by atoms with Gasteiger partial charge in [-0.15, -0.1) is 10.2 Å². The monoisotopic (exact) mass is 335 g/mol. The van der Waals surface area contributed by atoms with Gasteiger partial charge in [-0.3, -0.25) is 4.40 Å². The molecule has 4 aromatic rings. The topological polar surface area (TPSA) is 85.2 Å². The molecule has 0 N–H and O–H groups in total. The van der Waals surface area contributed by atoms with Gasteiger partial charge >= 0.3 is 0 Å². The van der Waals surface area contributed by atoms with E-state index in [1.165, 1.54) is 0 Å². The maximum Gasteiger partial charge on any atom is 0.263 e. The van der Waals surface area contributed by atoms with E-state index in [4.69, 9.17) is 4.52 Å². The Morgan fingerprint density at radius 3 is 3.12 bits per heavy atom. The molecular weight excluding hydrogens is 318 g/mol. The van der Waals surface area contributed by atoms with Crippen molar-refractivity contribution < 1.29 is 4.52 Å². The zero-order chi connectivity index (χ0) is 16.8. The number of nitrogens with zero attached hydrogens (tertiary/aromatic N) is 7. The number of aryl methyl sites for hydroxylation is 1. The van der Waals surface area contributed by atoms with E-state index in [1.54, 1.807) is 6.33 Å². The van der Waals surface area contributed by atoms with Crippen molar-refractivity contribution in [1.29, 1.82) is 0 Å². The molecule has 0 amide bonds. The Bertz CT molecular complexity index is 1050. The highest BCUT2D eigenvalue weighted by atomic mass is 16.5. The van der Waals surface area contributed by atoms with Crippen molar-refractivity contribution in [2.75, 3.05) is 18.0 Å². The van der Waals surface area contributed by atoms with Gasteiger partial charge in [0.15, 0.2) is 5.65 Å². The summed E-state index contributed by atoms with van der Waals surface area (Å²) in [6.07, 6.45) is 5.72. The van der Waals surface area contributed by atoms with Crippen LogP contribution in [0.15, 0.2) is 35.2 Å². The first-order chi connectivity index (χ1) is 12.3. The number of hydrogen-bond donors (Lipinski definition) is 0. The molecule has 126 valence electrons. The molecule has 1 fully saturated rings. The Labute approximate surface area is 143 Å². The maximum atomic E-state index is 5.28. The number of fused-ring (bicyclic) bond motifs is 2. The van der Waals surface area contributed by atoms with Crippen molar-refractivity contribution in [3.63, 3.8) is 0 Å². The lowest BCUT2D eigenvalue weighted by atomic mass is 9.97. The second-order valence-corrected chi connectivity index (χ2v) is 6.42. The minimum absolute atomic E-state index is 0.302. The lowest BCUT2D eigenvalue weighted by molar-refractivity contribution is 0.442. The van der Waals surface area contributed by atoms with E-state index < -0.39 is 0 Å². The van der Waals surface area contributed by atoms with E-state index in [0.29, 0.717) is 11.6 Å². The Balaban J connectivity index is 1.53. The fourth-order valence-electron chi connectivity index (χ4n) is 3.66. The van der Waals surface area contributed by atoms with Gasteiger partial charge in [-0.2, -0.15) is 4.98 Å². The van der Waals surface area contributed by atoms with Crippen LogP contribution in [0.1, 0.15) is 30.3 Å². The predicted octanol–water partition coefficient (Wildman–Crippen LogP) is 2.35. The van der Waals surface area contributed by atoms with Crippen LogP contribution in [0, 0.1) is 6.92 Å². The fourth-order valence-corrected chi connectivity index (χ4v) is 3.66. The molecule has 0 radical (unpaired) electrons. The van der Waals surface area contributed by atoms with Crippen molar-refractivity contribution in [3.8, 4) is 0 Å². The lowest BCUT2D eigenvalue weighted by Gasteiger charge is -2.32. The van der Waals surface area contributed by atoms with Crippen LogP contribution < -0.4 is 4.90 Å². The molecule has 5 rings (SSSR count). The summed E-state index contributed by atoms with van der Waals surface area (Å²) < 4.78 is 7.36. The quantitative estimate of drug-likeness (QED) is 0.556. The van der Waals surface area contributed by atoms with Gasteiger partial charge in [0.05, 0.1) is 5.69 Å². The molecule has 1 aliphatic rings. The Kier molecular flexibility index (Phi) is 3.16. The summed E-state index contributed by atoms with van der Waals surface area (Å²) in [5, 5.41) is 13.7. The summed E-state index contributed by atoms with van der Waals surface area (Å²) in [4.78, 5) is 11.0. The average molecular weight is 335 g/mol. The second-order valence-electron chi connectivity index (χ2n) is 6.42. The van der Waals surface area contributed by atoms with E-state index in [0.717, 1.165) is 54.3 Å². The van der Waals surface area contributed by atoms with Crippen molar-refractivity contribution in [3.05, 3.63) is 42.2 Å². The van der Waals surface area contributed by atoms with E-state index in [1.807, 2.05) is 31.3 Å². The van der Waals surface area contributed by atoms with Crippen molar-refractivity contribution >= 4 is 22.6 Å². The smallest absolute Gasteiger partial charge is 0.263 e. The molecule has 25 heavy (non-hydrogen) atoms. The summed E-state index contributed by atoms with van der Waals surface area (Å²) in [5.41, 5.74) is 2.24. The summed E-state index contributed by atoms with van der Waals surface area (Å²) in [6, 6.07) is 5.97. The Hall–Kier alpha value is -3.03. The van der Waals surface area contributed by atoms with Crippen LogP contribution >= 0.6 is 0 Å². The number of aromatic nitrogens is 6.